The molecule has 0 saturated carbocycles. The first-order valence-electron chi connectivity index (χ1n) is 12.8. The minimum absolute atomic E-state index is 0.0741. The summed E-state index contributed by atoms with van der Waals surface area (Å²) in [6.45, 7) is 1.85. The number of nitrogens with zero attached hydrogens (tertiary/aromatic N) is 3. The van der Waals surface area contributed by atoms with Gasteiger partial charge in [-0.25, -0.2) is 4.79 Å². The molecule has 2 aliphatic rings. The van der Waals surface area contributed by atoms with Crippen LogP contribution in [0, 0.1) is 5.92 Å². The molecule has 1 aliphatic heterocycles. The molecular weight excluding hydrogens is 508 g/mol. The van der Waals surface area contributed by atoms with E-state index < -0.39 is 0 Å². The second kappa shape index (κ2) is 11.5. The first-order chi connectivity index (χ1) is 18.5. The fraction of sp³-hybridized carbons (Fsp3) is 0.481. The number of thiophene rings is 1. The molecule has 1 amide bonds. The second-order valence-corrected chi connectivity index (χ2v) is 10.7. The number of fused-ring (bicyclic) bond motifs is 1. The zero-order chi connectivity index (χ0) is 26.6. The van der Waals surface area contributed by atoms with E-state index in [-0.39, 0.29) is 17.8 Å². The number of carbonyl (C=O) groups excluding carboxylic acids is 2. The van der Waals surface area contributed by atoms with Crippen molar-refractivity contribution in [1.29, 1.82) is 0 Å². The highest BCUT2D eigenvalue weighted by molar-refractivity contribution is 7.17. The van der Waals surface area contributed by atoms with Gasteiger partial charge in [0, 0.05) is 17.0 Å². The Kier molecular flexibility index (Phi) is 7.94. The highest BCUT2D eigenvalue weighted by Crippen LogP contribution is 2.39. The highest BCUT2D eigenvalue weighted by atomic mass is 32.1. The van der Waals surface area contributed by atoms with E-state index in [1.54, 1.807) is 26.4 Å². The highest BCUT2D eigenvalue weighted by Gasteiger charge is 2.31. The predicted octanol–water partition coefficient (Wildman–Crippen LogP) is 4.33. The predicted molar refractivity (Wildman–Crippen MR) is 142 cm³/mol. The van der Waals surface area contributed by atoms with Gasteiger partial charge in [-0.2, -0.15) is 4.98 Å². The van der Waals surface area contributed by atoms with Crippen LogP contribution in [0.4, 0.5) is 5.00 Å². The molecule has 0 bridgehead atoms. The molecule has 2 aromatic heterocycles. The van der Waals surface area contributed by atoms with Gasteiger partial charge in [0.05, 0.1) is 39.4 Å². The van der Waals surface area contributed by atoms with E-state index in [4.69, 9.17) is 18.7 Å². The minimum atomic E-state index is -0.383. The number of benzene rings is 1. The molecule has 38 heavy (non-hydrogen) atoms. The maximum Gasteiger partial charge on any atom is 0.341 e. The van der Waals surface area contributed by atoms with Crippen molar-refractivity contribution in [2.45, 2.75) is 45.1 Å². The number of aromatic nitrogens is 2. The lowest BCUT2D eigenvalue weighted by molar-refractivity contribution is -0.121. The molecule has 0 radical (unpaired) electrons. The van der Waals surface area contributed by atoms with E-state index >= 15 is 0 Å². The molecule has 10 nitrogen and oxygen atoms in total. The summed E-state index contributed by atoms with van der Waals surface area (Å²) in [5.41, 5.74) is 2.32. The Bertz CT molecular complexity index is 1320. The Hall–Kier alpha value is -3.44. The van der Waals surface area contributed by atoms with Crippen molar-refractivity contribution in [3.05, 3.63) is 40.1 Å². The summed E-state index contributed by atoms with van der Waals surface area (Å²) < 4.78 is 21.2. The molecule has 1 saturated heterocycles. The van der Waals surface area contributed by atoms with Crippen LogP contribution in [0.1, 0.15) is 52.4 Å². The third kappa shape index (κ3) is 5.39. The number of esters is 1. The summed E-state index contributed by atoms with van der Waals surface area (Å²) in [7, 11) is 4.55. The molecule has 1 N–H and O–H groups in total. The number of amides is 1. The van der Waals surface area contributed by atoms with E-state index in [1.807, 2.05) is 6.07 Å². The van der Waals surface area contributed by atoms with E-state index in [9.17, 15) is 9.59 Å². The molecule has 202 valence electrons. The van der Waals surface area contributed by atoms with Crippen LogP contribution in [-0.4, -0.2) is 61.3 Å². The molecule has 3 aromatic rings. The lowest BCUT2D eigenvalue weighted by atomic mass is 9.95. The molecule has 5 rings (SSSR count). The molecule has 1 atom stereocenters. The summed E-state index contributed by atoms with van der Waals surface area (Å²) in [6.07, 6.45) is 5.58. The molecule has 1 unspecified atom stereocenters. The van der Waals surface area contributed by atoms with Gasteiger partial charge in [0.2, 0.25) is 17.6 Å². The standard InChI is InChI=1S/C27H32N4O6S/c1-34-19-11-10-16(13-20(19)35-2)24-28-22(37-30-24)15-31-12-6-7-17(14-31)25(32)29-26-23(27(33)36-3)18-8-4-5-9-21(18)38-26/h10-11,13,17H,4-9,12,14-15H2,1-3H3,(H,29,32). The van der Waals surface area contributed by atoms with Gasteiger partial charge in [0.25, 0.3) is 0 Å². The second-order valence-electron chi connectivity index (χ2n) is 9.55. The number of nitrogens with one attached hydrogen (secondary N) is 1. The molecular formula is C27H32N4O6S. The van der Waals surface area contributed by atoms with E-state index in [1.165, 1.54) is 23.3 Å². The topological polar surface area (TPSA) is 116 Å². The maximum atomic E-state index is 13.3. The van der Waals surface area contributed by atoms with Crippen LogP contribution in [0.25, 0.3) is 11.4 Å². The summed E-state index contributed by atoms with van der Waals surface area (Å²) in [5.74, 6) is 1.49. The SMILES string of the molecule is COC(=O)c1c(NC(=O)C2CCCN(Cc3nc(-c4ccc(OC)c(OC)c4)no3)C2)sc2c1CCCC2. The van der Waals surface area contributed by atoms with Gasteiger partial charge in [0.1, 0.15) is 5.00 Å². The Morgan fingerprint density at radius 2 is 1.95 bits per heavy atom. The Labute approximate surface area is 225 Å². The first kappa shape index (κ1) is 26.2. The van der Waals surface area contributed by atoms with Crippen LogP contribution >= 0.6 is 11.3 Å². The number of piperidine rings is 1. The molecule has 1 fully saturated rings. The van der Waals surface area contributed by atoms with Crippen molar-refractivity contribution < 1.29 is 28.3 Å². The van der Waals surface area contributed by atoms with Crippen LogP contribution in [0.3, 0.4) is 0 Å². The minimum Gasteiger partial charge on any atom is -0.493 e. The third-order valence-corrected chi connectivity index (χ3v) is 8.35. The Balaban J connectivity index is 1.24. The number of aryl methyl sites for hydroxylation is 1. The van der Waals surface area contributed by atoms with Gasteiger partial charge in [-0.1, -0.05) is 5.16 Å². The van der Waals surface area contributed by atoms with Gasteiger partial charge in [0.15, 0.2) is 11.5 Å². The fourth-order valence-electron chi connectivity index (χ4n) is 5.20. The van der Waals surface area contributed by atoms with Gasteiger partial charge >= 0.3 is 5.97 Å². The Morgan fingerprint density at radius 3 is 2.74 bits per heavy atom. The summed E-state index contributed by atoms with van der Waals surface area (Å²) >= 11 is 1.51. The molecule has 3 heterocycles. The van der Waals surface area contributed by atoms with E-state index in [0.29, 0.717) is 46.9 Å². The number of anilines is 1. The quantitative estimate of drug-likeness (QED) is 0.417. The van der Waals surface area contributed by atoms with Gasteiger partial charge in [-0.15, -0.1) is 11.3 Å². The average molecular weight is 541 g/mol. The normalized spacial score (nSPS) is 17.5. The van der Waals surface area contributed by atoms with Crippen molar-refractivity contribution in [1.82, 2.24) is 15.0 Å². The molecule has 1 aromatic carbocycles. The van der Waals surface area contributed by atoms with Crippen molar-refractivity contribution >= 4 is 28.2 Å². The lowest BCUT2D eigenvalue weighted by Crippen LogP contribution is -2.40. The Morgan fingerprint density at radius 1 is 1.13 bits per heavy atom. The average Bonchev–Trinajstić information content (AvgIpc) is 3.56. The maximum absolute atomic E-state index is 13.3. The number of carbonyl (C=O) groups is 2. The fourth-order valence-corrected chi connectivity index (χ4v) is 6.48. The zero-order valence-corrected chi connectivity index (χ0v) is 22.7. The monoisotopic (exact) mass is 540 g/mol. The van der Waals surface area contributed by atoms with Gasteiger partial charge in [-0.05, 0) is 68.8 Å². The van der Waals surface area contributed by atoms with Crippen molar-refractivity contribution in [3.63, 3.8) is 0 Å². The van der Waals surface area contributed by atoms with Gasteiger partial charge in [-0.3, -0.25) is 9.69 Å². The number of likely N-dealkylation sites (tertiary alicyclic amines) is 1. The molecule has 1 aliphatic carbocycles. The van der Waals surface area contributed by atoms with Crippen LogP contribution in [-0.2, 0) is 28.9 Å². The van der Waals surface area contributed by atoms with Crippen molar-refractivity contribution in [2.75, 3.05) is 39.7 Å². The van der Waals surface area contributed by atoms with E-state index in [0.717, 1.165) is 56.2 Å². The summed E-state index contributed by atoms with van der Waals surface area (Å²) in [4.78, 5) is 33.7. The van der Waals surface area contributed by atoms with Gasteiger partial charge < -0.3 is 24.1 Å². The van der Waals surface area contributed by atoms with Crippen molar-refractivity contribution in [3.8, 4) is 22.9 Å². The van der Waals surface area contributed by atoms with Crippen LogP contribution in [0.5, 0.6) is 11.5 Å². The largest absolute Gasteiger partial charge is 0.493 e. The number of hydrogen-bond acceptors (Lipinski definition) is 10. The van der Waals surface area contributed by atoms with Crippen LogP contribution in [0.15, 0.2) is 22.7 Å². The summed E-state index contributed by atoms with van der Waals surface area (Å²) in [5, 5.41) is 7.80. The first-order valence-corrected chi connectivity index (χ1v) is 13.6. The lowest BCUT2D eigenvalue weighted by Gasteiger charge is -2.30. The number of hydrogen-bond donors (Lipinski definition) is 1. The van der Waals surface area contributed by atoms with Crippen LogP contribution < -0.4 is 14.8 Å². The zero-order valence-electron chi connectivity index (χ0n) is 21.9. The van der Waals surface area contributed by atoms with Crippen LogP contribution in [0.2, 0.25) is 0 Å². The summed E-state index contributed by atoms with van der Waals surface area (Å²) in [6, 6.07) is 5.45. The molecule has 11 heteroatoms. The number of ether oxygens (including phenoxy) is 3. The number of rotatable bonds is 8. The smallest absolute Gasteiger partial charge is 0.341 e. The number of methoxy groups -OCH3 is 3. The molecule has 0 spiro atoms. The van der Waals surface area contributed by atoms with E-state index in [2.05, 4.69) is 20.4 Å². The third-order valence-electron chi connectivity index (χ3n) is 7.14. The van der Waals surface area contributed by atoms with Crippen molar-refractivity contribution in [2.24, 2.45) is 5.92 Å².